The summed E-state index contributed by atoms with van der Waals surface area (Å²) in [5, 5.41) is 10.8. The summed E-state index contributed by atoms with van der Waals surface area (Å²) < 4.78 is 0. The number of fused-ring (bicyclic) bond motifs is 1. The Morgan fingerprint density at radius 2 is 2.29 bits per heavy atom. The normalized spacial score (nSPS) is 46.7. The van der Waals surface area contributed by atoms with Crippen LogP contribution in [0.4, 0.5) is 0 Å². The number of hydrogen-bond acceptors (Lipinski definition) is 4. The van der Waals surface area contributed by atoms with E-state index >= 15 is 0 Å². The molecule has 5 heteroatoms. The second-order valence-corrected chi connectivity index (χ2v) is 4.98. The molecule has 2 aliphatic rings. The zero-order valence-corrected chi connectivity index (χ0v) is 8.16. The molecule has 0 aromatic heterocycles. The minimum Gasteiger partial charge on any atom is -0.324 e. The van der Waals surface area contributed by atoms with Gasteiger partial charge in [-0.25, -0.2) is 0 Å². The van der Waals surface area contributed by atoms with Crippen molar-refractivity contribution in [3.05, 3.63) is 10.1 Å². The third kappa shape index (κ3) is 1.15. The van der Waals surface area contributed by atoms with Crippen LogP contribution in [0, 0.1) is 16.0 Å². The lowest BCUT2D eigenvalue weighted by Crippen LogP contribution is -2.42. The number of carbonyl (C=O) groups is 1. The number of nitrogens with two attached hydrogens (primary N) is 1. The molecule has 0 aliphatic heterocycles. The molecule has 2 aliphatic carbocycles. The van der Waals surface area contributed by atoms with Crippen molar-refractivity contribution < 1.29 is 9.72 Å². The Hall–Kier alpha value is -0.970. The summed E-state index contributed by atoms with van der Waals surface area (Å²) >= 11 is 0. The maximum atomic E-state index is 11.2. The average Bonchev–Trinajstić information content (AvgIpc) is 2.36. The van der Waals surface area contributed by atoms with E-state index in [4.69, 9.17) is 5.73 Å². The van der Waals surface area contributed by atoms with Gasteiger partial charge < -0.3 is 5.73 Å². The molecule has 2 N–H and O–H groups in total. The molecule has 0 heterocycles. The highest BCUT2D eigenvalue weighted by Gasteiger charge is 2.60. The largest absolute Gasteiger partial charge is 0.324 e. The predicted molar refractivity (Wildman–Crippen MR) is 49.3 cm³/mol. The number of carbonyl (C=O) groups excluding carboxylic acids is 1. The first-order valence-corrected chi connectivity index (χ1v) is 4.81. The van der Waals surface area contributed by atoms with Crippen molar-refractivity contribution in [2.24, 2.45) is 11.7 Å². The summed E-state index contributed by atoms with van der Waals surface area (Å²) in [5.74, 6) is 0.174. The van der Waals surface area contributed by atoms with Crippen LogP contribution in [-0.4, -0.2) is 21.8 Å². The SMILES string of the molecule is C[C@@]1([N+](=O)[O-])CC2CC(=O)C[C@]2(N)C1. The van der Waals surface area contributed by atoms with Gasteiger partial charge in [-0.15, -0.1) is 0 Å². The first kappa shape index (κ1) is 9.58. The zero-order valence-electron chi connectivity index (χ0n) is 8.16. The highest BCUT2D eigenvalue weighted by Crippen LogP contribution is 2.49. The van der Waals surface area contributed by atoms with Crippen molar-refractivity contribution >= 4 is 5.78 Å². The van der Waals surface area contributed by atoms with E-state index in [2.05, 4.69) is 0 Å². The molecule has 0 amide bonds. The summed E-state index contributed by atoms with van der Waals surface area (Å²) in [5.41, 5.74) is 4.53. The van der Waals surface area contributed by atoms with Crippen LogP contribution in [-0.2, 0) is 4.79 Å². The van der Waals surface area contributed by atoms with Gasteiger partial charge in [0.15, 0.2) is 0 Å². The quantitative estimate of drug-likeness (QED) is 0.490. The molecule has 0 aromatic rings. The summed E-state index contributed by atoms with van der Waals surface area (Å²) in [7, 11) is 0. The molecule has 2 fully saturated rings. The van der Waals surface area contributed by atoms with Gasteiger partial charge >= 0.3 is 0 Å². The second-order valence-electron chi connectivity index (χ2n) is 4.98. The van der Waals surface area contributed by atoms with E-state index in [9.17, 15) is 14.9 Å². The molecular weight excluding hydrogens is 184 g/mol. The van der Waals surface area contributed by atoms with Crippen LogP contribution >= 0.6 is 0 Å². The van der Waals surface area contributed by atoms with Crippen molar-refractivity contribution in [1.82, 2.24) is 0 Å². The van der Waals surface area contributed by atoms with Crippen molar-refractivity contribution in [1.29, 1.82) is 0 Å². The van der Waals surface area contributed by atoms with Gasteiger partial charge in [0.2, 0.25) is 5.54 Å². The molecule has 2 rings (SSSR count). The number of nitrogens with zero attached hydrogens (tertiary/aromatic N) is 1. The Morgan fingerprint density at radius 3 is 2.79 bits per heavy atom. The predicted octanol–water partition coefficient (Wildman–Crippen LogP) is 0.492. The third-order valence-corrected chi connectivity index (χ3v) is 3.65. The maximum Gasteiger partial charge on any atom is 0.221 e. The smallest absolute Gasteiger partial charge is 0.221 e. The highest BCUT2D eigenvalue weighted by molar-refractivity contribution is 5.83. The van der Waals surface area contributed by atoms with E-state index in [1.807, 2.05) is 0 Å². The lowest BCUT2D eigenvalue weighted by Gasteiger charge is -2.21. The van der Waals surface area contributed by atoms with E-state index in [0.29, 0.717) is 25.7 Å². The Morgan fingerprint density at radius 1 is 1.64 bits per heavy atom. The molecule has 0 saturated heterocycles. The third-order valence-electron chi connectivity index (χ3n) is 3.65. The van der Waals surface area contributed by atoms with Crippen molar-refractivity contribution in [3.63, 3.8) is 0 Å². The van der Waals surface area contributed by atoms with Gasteiger partial charge in [-0.3, -0.25) is 14.9 Å². The molecular formula is C9H14N2O3. The van der Waals surface area contributed by atoms with Crippen LogP contribution in [0.25, 0.3) is 0 Å². The number of rotatable bonds is 1. The van der Waals surface area contributed by atoms with Crippen LogP contribution in [0.1, 0.15) is 32.6 Å². The summed E-state index contributed by atoms with van der Waals surface area (Å²) in [6, 6.07) is 0. The van der Waals surface area contributed by atoms with Crippen molar-refractivity contribution in [2.45, 2.75) is 43.7 Å². The first-order valence-electron chi connectivity index (χ1n) is 4.81. The van der Waals surface area contributed by atoms with Crippen LogP contribution in [0.3, 0.4) is 0 Å². The molecule has 0 radical (unpaired) electrons. The molecule has 1 unspecified atom stereocenters. The van der Waals surface area contributed by atoms with Crippen LogP contribution in [0.2, 0.25) is 0 Å². The van der Waals surface area contributed by atoms with E-state index in [1.54, 1.807) is 6.92 Å². The van der Waals surface area contributed by atoms with Gasteiger partial charge in [-0.1, -0.05) is 0 Å². The molecule has 3 atom stereocenters. The van der Waals surface area contributed by atoms with Gasteiger partial charge in [-0.05, 0) is 5.92 Å². The highest BCUT2D eigenvalue weighted by atomic mass is 16.6. The summed E-state index contributed by atoms with van der Waals surface area (Å²) in [4.78, 5) is 21.8. The van der Waals surface area contributed by atoms with E-state index in [0.717, 1.165) is 0 Å². The van der Waals surface area contributed by atoms with E-state index in [-0.39, 0.29) is 16.6 Å². The van der Waals surface area contributed by atoms with E-state index < -0.39 is 11.1 Å². The van der Waals surface area contributed by atoms with Crippen molar-refractivity contribution in [3.8, 4) is 0 Å². The Labute approximate surface area is 81.8 Å². The molecule has 78 valence electrons. The maximum absolute atomic E-state index is 11.2. The standard InChI is InChI=1S/C9H14N2O3/c1-8(11(13)14)3-6-2-7(12)4-9(6,10)5-8/h6H,2-5,10H2,1H3/t6?,8-,9+/m1/s1. The van der Waals surface area contributed by atoms with Crippen LogP contribution in [0.15, 0.2) is 0 Å². The molecule has 0 aromatic carbocycles. The zero-order chi connectivity index (χ0) is 10.6. The fourth-order valence-corrected chi connectivity index (χ4v) is 3.00. The summed E-state index contributed by atoms with van der Waals surface area (Å²) in [6.07, 6.45) is 1.53. The van der Waals surface area contributed by atoms with Gasteiger partial charge in [0.25, 0.3) is 0 Å². The van der Waals surface area contributed by atoms with Gasteiger partial charge in [0.1, 0.15) is 5.78 Å². The Bertz CT molecular complexity index is 317. The fraction of sp³-hybridized carbons (Fsp3) is 0.889. The number of hydrogen-bond donors (Lipinski definition) is 1. The topological polar surface area (TPSA) is 86.2 Å². The minimum atomic E-state index is -0.917. The Balaban J connectivity index is 2.24. The average molecular weight is 198 g/mol. The minimum absolute atomic E-state index is 0.0189. The van der Waals surface area contributed by atoms with Gasteiger partial charge in [0.05, 0.1) is 0 Å². The second kappa shape index (κ2) is 2.53. The van der Waals surface area contributed by atoms with E-state index in [1.165, 1.54) is 0 Å². The number of Topliss-reactive ketones (excluding diaryl/α,β-unsaturated/α-hetero) is 1. The molecule has 14 heavy (non-hydrogen) atoms. The molecule has 0 spiro atoms. The first-order chi connectivity index (χ1) is 6.36. The van der Waals surface area contributed by atoms with Crippen LogP contribution in [0.5, 0.6) is 0 Å². The molecule has 2 saturated carbocycles. The van der Waals surface area contributed by atoms with Gasteiger partial charge in [0, 0.05) is 43.1 Å². The number of nitro groups is 1. The summed E-state index contributed by atoms with van der Waals surface area (Å²) in [6.45, 7) is 1.63. The monoisotopic (exact) mass is 198 g/mol. The molecule has 0 bridgehead atoms. The van der Waals surface area contributed by atoms with Crippen LogP contribution < -0.4 is 5.73 Å². The fourth-order valence-electron chi connectivity index (χ4n) is 3.00. The molecule has 5 nitrogen and oxygen atoms in total. The lowest BCUT2D eigenvalue weighted by atomic mass is 9.91. The van der Waals surface area contributed by atoms with Gasteiger partial charge in [-0.2, -0.15) is 0 Å². The number of ketones is 1. The lowest BCUT2D eigenvalue weighted by molar-refractivity contribution is -0.564. The Kier molecular flexibility index (Phi) is 1.73. The van der Waals surface area contributed by atoms with Crippen molar-refractivity contribution in [2.75, 3.05) is 0 Å².